The van der Waals surface area contributed by atoms with E-state index in [1.165, 1.54) is 0 Å². The number of hydrogen-bond acceptors (Lipinski definition) is 3. The van der Waals surface area contributed by atoms with E-state index < -0.39 is 10.2 Å². The van der Waals surface area contributed by atoms with Gasteiger partial charge in [0.15, 0.2) is 0 Å². The number of aliphatic hydroxyl groups is 1. The fourth-order valence-electron chi connectivity index (χ4n) is 2.47. The van der Waals surface area contributed by atoms with Gasteiger partial charge in [0, 0.05) is 32.3 Å². The summed E-state index contributed by atoms with van der Waals surface area (Å²) in [5.74, 6) is 0.382. The smallest absolute Gasteiger partial charge is 0.282 e. The largest absolute Gasteiger partial charge is 0.396 e. The molecule has 1 heterocycles. The van der Waals surface area contributed by atoms with Gasteiger partial charge in [0.1, 0.15) is 0 Å². The number of rotatable bonds is 6. The van der Waals surface area contributed by atoms with Crippen molar-refractivity contribution in [1.29, 1.82) is 0 Å². The monoisotopic (exact) mass is 292 g/mol. The molecule has 1 aliphatic heterocycles. The van der Waals surface area contributed by atoms with Crippen molar-refractivity contribution in [2.24, 2.45) is 11.8 Å². The molecule has 0 aromatic carbocycles. The lowest BCUT2D eigenvalue weighted by Crippen LogP contribution is -2.51. The Labute approximate surface area is 117 Å². The summed E-state index contributed by atoms with van der Waals surface area (Å²) in [6, 6.07) is -0.0399. The van der Waals surface area contributed by atoms with Crippen LogP contribution in [0.25, 0.3) is 0 Å². The summed E-state index contributed by atoms with van der Waals surface area (Å²) in [5.41, 5.74) is 0. The van der Waals surface area contributed by atoms with Gasteiger partial charge >= 0.3 is 0 Å². The van der Waals surface area contributed by atoms with E-state index in [0.717, 1.165) is 12.8 Å². The van der Waals surface area contributed by atoms with E-state index in [0.29, 0.717) is 25.6 Å². The third kappa shape index (κ3) is 4.41. The Balaban J connectivity index is 2.86. The van der Waals surface area contributed by atoms with Crippen molar-refractivity contribution in [1.82, 2.24) is 8.61 Å². The van der Waals surface area contributed by atoms with Crippen LogP contribution in [0.15, 0.2) is 0 Å². The number of piperidine rings is 1. The maximum atomic E-state index is 12.7. The van der Waals surface area contributed by atoms with Gasteiger partial charge in [-0.15, -0.1) is 0 Å². The molecule has 1 saturated heterocycles. The number of nitrogens with zero attached hydrogens (tertiary/aromatic N) is 2. The molecule has 5 nitrogen and oxygen atoms in total. The van der Waals surface area contributed by atoms with E-state index in [1.807, 2.05) is 27.7 Å². The molecule has 1 fully saturated rings. The molecule has 1 atom stereocenters. The van der Waals surface area contributed by atoms with Crippen molar-refractivity contribution < 1.29 is 13.5 Å². The first-order valence-corrected chi connectivity index (χ1v) is 8.56. The topological polar surface area (TPSA) is 60.9 Å². The quantitative estimate of drug-likeness (QED) is 0.803. The lowest BCUT2D eigenvalue weighted by Gasteiger charge is -2.37. The third-order valence-electron chi connectivity index (χ3n) is 3.48. The average Bonchev–Trinajstić information content (AvgIpc) is 2.35. The Morgan fingerprint density at radius 1 is 1.32 bits per heavy atom. The van der Waals surface area contributed by atoms with Crippen molar-refractivity contribution in [2.75, 3.05) is 26.2 Å². The minimum Gasteiger partial charge on any atom is -0.396 e. The Kier molecular flexibility index (Phi) is 6.23. The normalized spacial score (nSPS) is 22.6. The molecule has 1 rings (SSSR count). The SMILES string of the molecule is CC(C)CN(C(C)C)S(=O)(=O)N1CCCC(CO)C1. The minimum atomic E-state index is -3.41. The summed E-state index contributed by atoms with van der Waals surface area (Å²) in [5, 5.41) is 9.23. The van der Waals surface area contributed by atoms with Crippen LogP contribution >= 0.6 is 0 Å². The summed E-state index contributed by atoms with van der Waals surface area (Å²) < 4.78 is 28.5. The van der Waals surface area contributed by atoms with Crippen LogP contribution in [0.5, 0.6) is 0 Å². The molecule has 1 unspecified atom stereocenters. The summed E-state index contributed by atoms with van der Waals surface area (Å²) >= 11 is 0. The van der Waals surface area contributed by atoms with Crippen LogP contribution in [0.1, 0.15) is 40.5 Å². The molecule has 0 saturated carbocycles. The molecule has 6 heteroatoms. The first-order chi connectivity index (χ1) is 8.78. The molecule has 0 radical (unpaired) electrons. The maximum Gasteiger partial charge on any atom is 0.282 e. The van der Waals surface area contributed by atoms with E-state index >= 15 is 0 Å². The highest BCUT2D eigenvalue weighted by molar-refractivity contribution is 7.86. The zero-order valence-electron chi connectivity index (χ0n) is 12.5. The summed E-state index contributed by atoms with van der Waals surface area (Å²) in [6.07, 6.45) is 1.74. The van der Waals surface area contributed by atoms with E-state index in [-0.39, 0.29) is 18.6 Å². The van der Waals surface area contributed by atoms with E-state index in [9.17, 15) is 13.5 Å². The maximum absolute atomic E-state index is 12.7. The fraction of sp³-hybridized carbons (Fsp3) is 1.00. The molecule has 1 aliphatic rings. The molecular weight excluding hydrogens is 264 g/mol. The van der Waals surface area contributed by atoms with Crippen LogP contribution in [0, 0.1) is 11.8 Å². The molecule has 0 aromatic rings. The molecule has 1 N–H and O–H groups in total. The minimum absolute atomic E-state index is 0.0399. The molecule has 19 heavy (non-hydrogen) atoms. The first-order valence-electron chi connectivity index (χ1n) is 7.16. The summed E-state index contributed by atoms with van der Waals surface area (Å²) in [4.78, 5) is 0. The van der Waals surface area contributed by atoms with Crippen molar-refractivity contribution in [2.45, 2.75) is 46.6 Å². The molecular formula is C13H28N2O3S. The predicted molar refractivity (Wildman–Crippen MR) is 77.0 cm³/mol. The van der Waals surface area contributed by atoms with Crippen molar-refractivity contribution in [3.05, 3.63) is 0 Å². The van der Waals surface area contributed by atoms with Gasteiger partial charge in [0.05, 0.1) is 0 Å². The van der Waals surface area contributed by atoms with Crippen LogP contribution in [0.3, 0.4) is 0 Å². The van der Waals surface area contributed by atoms with E-state index in [4.69, 9.17) is 0 Å². The molecule has 0 bridgehead atoms. The van der Waals surface area contributed by atoms with Gasteiger partial charge in [-0.1, -0.05) is 13.8 Å². The Hall–Kier alpha value is -0.170. The van der Waals surface area contributed by atoms with Crippen LogP contribution in [0.2, 0.25) is 0 Å². The molecule has 0 aromatic heterocycles. The van der Waals surface area contributed by atoms with E-state index in [2.05, 4.69) is 0 Å². The summed E-state index contributed by atoms with van der Waals surface area (Å²) in [7, 11) is -3.41. The third-order valence-corrected chi connectivity index (χ3v) is 5.63. The second kappa shape index (κ2) is 7.02. The second-order valence-corrected chi connectivity index (χ2v) is 7.99. The van der Waals surface area contributed by atoms with Crippen molar-refractivity contribution in [3.8, 4) is 0 Å². The fourth-order valence-corrected chi connectivity index (χ4v) is 4.54. The zero-order chi connectivity index (χ0) is 14.6. The van der Waals surface area contributed by atoms with Gasteiger partial charge in [-0.2, -0.15) is 17.0 Å². The summed E-state index contributed by atoms with van der Waals surface area (Å²) in [6.45, 7) is 9.49. The van der Waals surface area contributed by atoms with Gasteiger partial charge in [-0.3, -0.25) is 0 Å². The molecule has 0 amide bonds. The van der Waals surface area contributed by atoms with Gasteiger partial charge in [-0.05, 0) is 38.5 Å². The van der Waals surface area contributed by atoms with Crippen LogP contribution in [-0.2, 0) is 10.2 Å². The van der Waals surface area contributed by atoms with Crippen molar-refractivity contribution in [3.63, 3.8) is 0 Å². The van der Waals surface area contributed by atoms with Crippen LogP contribution in [-0.4, -0.2) is 54.4 Å². The number of aliphatic hydroxyl groups excluding tert-OH is 1. The van der Waals surface area contributed by atoms with Gasteiger partial charge < -0.3 is 5.11 Å². The molecule has 0 aliphatic carbocycles. The van der Waals surface area contributed by atoms with Crippen LogP contribution in [0.4, 0.5) is 0 Å². The number of hydrogen-bond donors (Lipinski definition) is 1. The standard InChI is InChI=1S/C13H28N2O3S/c1-11(2)8-15(12(3)4)19(17,18)14-7-5-6-13(9-14)10-16/h11-13,16H,5-10H2,1-4H3. The van der Waals surface area contributed by atoms with Gasteiger partial charge in [0.2, 0.25) is 0 Å². The second-order valence-electron chi connectivity index (χ2n) is 6.11. The molecule has 0 spiro atoms. The zero-order valence-corrected chi connectivity index (χ0v) is 13.4. The highest BCUT2D eigenvalue weighted by Crippen LogP contribution is 2.22. The van der Waals surface area contributed by atoms with Crippen LogP contribution < -0.4 is 0 Å². The Bertz CT molecular complexity index is 368. The highest BCUT2D eigenvalue weighted by atomic mass is 32.2. The Morgan fingerprint density at radius 3 is 2.42 bits per heavy atom. The predicted octanol–water partition coefficient (Wildman–Crippen LogP) is 1.30. The van der Waals surface area contributed by atoms with Crippen molar-refractivity contribution >= 4 is 10.2 Å². The highest BCUT2D eigenvalue weighted by Gasteiger charge is 2.34. The lowest BCUT2D eigenvalue weighted by molar-refractivity contribution is 0.158. The van der Waals surface area contributed by atoms with Gasteiger partial charge in [-0.25, -0.2) is 0 Å². The van der Waals surface area contributed by atoms with Gasteiger partial charge in [0.25, 0.3) is 10.2 Å². The Morgan fingerprint density at radius 2 is 1.95 bits per heavy atom. The van der Waals surface area contributed by atoms with E-state index in [1.54, 1.807) is 8.61 Å². The lowest BCUT2D eigenvalue weighted by atomic mass is 10.0. The first kappa shape index (κ1) is 16.9. The molecule has 114 valence electrons. The average molecular weight is 292 g/mol.